The summed E-state index contributed by atoms with van der Waals surface area (Å²) in [4.78, 5) is 9.45. The van der Waals surface area contributed by atoms with Crippen LogP contribution in [-0.2, 0) is 13.1 Å². The number of hydrogen-bond acceptors (Lipinski definition) is 4. The topological polar surface area (TPSA) is 36.3 Å². The van der Waals surface area contributed by atoms with Gasteiger partial charge in [0.2, 0.25) is 0 Å². The van der Waals surface area contributed by atoms with E-state index in [-0.39, 0.29) is 0 Å². The zero-order chi connectivity index (χ0) is 13.1. The van der Waals surface area contributed by atoms with Crippen LogP contribution in [0.3, 0.4) is 0 Å². The summed E-state index contributed by atoms with van der Waals surface area (Å²) in [5.41, 5.74) is 1.36. The van der Waals surface area contributed by atoms with Crippen LogP contribution in [0.5, 0.6) is 0 Å². The van der Waals surface area contributed by atoms with Gasteiger partial charge in [0, 0.05) is 64.6 Å². The Morgan fingerprint density at radius 3 is 2.84 bits per heavy atom. The van der Waals surface area contributed by atoms with Crippen LogP contribution < -0.4 is 5.32 Å². The third kappa shape index (κ3) is 2.99. The fourth-order valence-electron chi connectivity index (χ4n) is 3.10. The van der Waals surface area contributed by atoms with Crippen LogP contribution in [0, 0.1) is 0 Å². The SMILES string of the molecule is CCCn1cncc1CN1CC(N2CCNCC2)C1. The Balaban J connectivity index is 1.46. The van der Waals surface area contributed by atoms with E-state index in [1.54, 1.807) is 0 Å². The number of likely N-dealkylation sites (tertiary alicyclic amines) is 1. The van der Waals surface area contributed by atoms with Crippen molar-refractivity contribution in [1.82, 2.24) is 24.7 Å². The second-order valence-electron chi connectivity index (χ2n) is 5.71. The average molecular weight is 263 g/mol. The van der Waals surface area contributed by atoms with Crippen molar-refractivity contribution in [3.8, 4) is 0 Å². The Morgan fingerprint density at radius 1 is 1.32 bits per heavy atom. The van der Waals surface area contributed by atoms with Crippen molar-refractivity contribution in [2.45, 2.75) is 32.5 Å². The molecular formula is C14H25N5. The first-order valence-electron chi connectivity index (χ1n) is 7.53. The normalized spacial score (nSPS) is 22.6. The van der Waals surface area contributed by atoms with E-state index in [0.29, 0.717) is 0 Å². The monoisotopic (exact) mass is 263 g/mol. The highest BCUT2D eigenvalue weighted by atomic mass is 15.3. The van der Waals surface area contributed by atoms with Crippen molar-refractivity contribution in [3.63, 3.8) is 0 Å². The number of aromatic nitrogens is 2. The van der Waals surface area contributed by atoms with Crippen LogP contribution in [0.15, 0.2) is 12.5 Å². The minimum atomic E-state index is 0.782. The first-order valence-corrected chi connectivity index (χ1v) is 7.53. The van der Waals surface area contributed by atoms with Crippen molar-refractivity contribution in [1.29, 1.82) is 0 Å². The molecule has 0 aromatic carbocycles. The Morgan fingerprint density at radius 2 is 2.11 bits per heavy atom. The van der Waals surface area contributed by atoms with Gasteiger partial charge >= 0.3 is 0 Å². The van der Waals surface area contributed by atoms with Gasteiger partial charge in [-0.1, -0.05) is 6.92 Å². The smallest absolute Gasteiger partial charge is 0.0948 e. The first kappa shape index (κ1) is 13.1. The molecule has 2 aliphatic rings. The van der Waals surface area contributed by atoms with Crippen LogP contribution in [0.4, 0.5) is 0 Å². The Kier molecular flexibility index (Phi) is 4.15. The summed E-state index contributed by atoms with van der Waals surface area (Å²) in [6, 6.07) is 0.782. The molecule has 1 aromatic heterocycles. The summed E-state index contributed by atoms with van der Waals surface area (Å²) in [5.74, 6) is 0. The summed E-state index contributed by atoms with van der Waals surface area (Å²) in [6.07, 6.45) is 5.16. The molecule has 0 bridgehead atoms. The summed E-state index contributed by atoms with van der Waals surface area (Å²) in [7, 11) is 0. The summed E-state index contributed by atoms with van der Waals surface area (Å²) in [6.45, 7) is 11.5. The average Bonchev–Trinajstić information content (AvgIpc) is 2.82. The van der Waals surface area contributed by atoms with Crippen molar-refractivity contribution in [2.24, 2.45) is 0 Å². The molecule has 0 aliphatic carbocycles. The summed E-state index contributed by atoms with van der Waals surface area (Å²) in [5, 5.41) is 3.42. The molecule has 5 nitrogen and oxygen atoms in total. The molecule has 3 rings (SSSR count). The summed E-state index contributed by atoms with van der Waals surface area (Å²) < 4.78 is 2.29. The summed E-state index contributed by atoms with van der Waals surface area (Å²) >= 11 is 0. The zero-order valence-electron chi connectivity index (χ0n) is 11.9. The molecule has 19 heavy (non-hydrogen) atoms. The molecule has 0 spiro atoms. The van der Waals surface area contributed by atoms with E-state index >= 15 is 0 Å². The fourth-order valence-corrected chi connectivity index (χ4v) is 3.10. The van der Waals surface area contributed by atoms with Gasteiger partial charge in [-0.3, -0.25) is 9.80 Å². The molecule has 106 valence electrons. The second-order valence-corrected chi connectivity index (χ2v) is 5.71. The number of nitrogens with one attached hydrogen (secondary N) is 1. The maximum atomic E-state index is 4.28. The van der Waals surface area contributed by atoms with E-state index in [4.69, 9.17) is 0 Å². The number of hydrogen-bond donors (Lipinski definition) is 1. The number of nitrogens with zero attached hydrogens (tertiary/aromatic N) is 4. The van der Waals surface area contributed by atoms with Crippen molar-refractivity contribution >= 4 is 0 Å². The highest BCUT2D eigenvalue weighted by molar-refractivity contribution is 5.01. The third-order valence-electron chi connectivity index (χ3n) is 4.25. The highest BCUT2D eigenvalue weighted by Crippen LogP contribution is 2.18. The van der Waals surface area contributed by atoms with Crippen molar-refractivity contribution in [2.75, 3.05) is 39.3 Å². The molecule has 0 amide bonds. The standard InChI is InChI=1S/C14H25N5/c1-2-5-19-12-16-8-13(19)9-17-10-14(11-17)18-6-3-15-4-7-18/h8,12,14-15H,2-7,9-11H2,1H3. The molecule has 0 radical (unpaired) electrons. The molecular weight excluding hydrogens is 238 g/mol. The van der Waals surface area contributed by atoms with Gasteiger partial charge in [0.25, 0.3) is 0 Å². The van der Waals surface area contributed by atoms with Gasteiger partial charge in [0.15, 0.2) is 0 Å². The minimum absolute atomic E-state index is 0.782. The third-order valence-corrected chi connectivity index (χ3v) is 4.25. The maximum absolute atomic E-state index is 4.28. The quantitative estimate of drug-likeness (QED) is 0.833. The first-order chi connectivity index (χ1) is 9.36. The molecule has 1 N–H and O–H groups in total. The van der Waals surface area contributed by atoms with Gasteiger partial charge in [-0.05, 0) is 6.42 Å². The van der Waals surface area contributed by atoms with Gasteiger partial charge in [0.1, 0.15) is 0 Å². The lowest BCUT2D eigenvalue weighted by Gasteiger charge is -2.46. The second kappa shape index (κ2) is 6.03. The van der Waals surface area contributed by atoms with Crippen LogP contribution >= 0.6 is 0 Å². The molecule has 2 fully saturated rings. The van der Waals surface area contributed by atoms with Crippen LogP contribution in [0.25, 0.3) is 0 Å². The highest BCUT2D eigenvalue weighted by Gasteiger charge is 2.32. The van der Waals surface area contributed by atoms with E-state index in [0.717, 1.165) is 32.2 Å². The van der Waals surface area contributed by atoms with Crippen molar-refractivity contribution < 1.29 is 0 Å². The number of piperazine rings is 1. The molecule has 5 heteroatoms. The predicted octanol–water partition coefficient (Wildman–Crippen LogP) is 0.383. The lowest BCUT2D eigenvalue weighted by Crippen LogP contribution is -2.62. The van der Waals surface area contributed by atoms with Gasteiger partial charge in [0.05, 0.1) is 12.0 Å². The zero-order valence-corrected chi connectivity index (χ0v) is 11.9. The molecule has 3 heterocycles. The van der Waals surface area contributed by atoms with E-state index < -0.39 is 0 Å². The van der Waals surface area contributed by atoms with Crippen molar-refractivity contribution in [3.05, 3.63) is 18.2 Å². The van der Waals surface area contributed by atoms with Crippen LogP contribution in [-0.4, -0.2) is 64.7 Å². The van der Waals surface area contributed by atoms with Gasteiger partial charge in [-0.15, -0.1) is 0 Å². The van der Waals surface area contributed by atoms with Gasteiger partial charge < -0.3 is 9.88 Å². The fraction of sp³-hybridized carbons (Fsp3) is 0.786. The molecule has 1 aromatic rings. The Bertz CT molecular complexity index is 390. The molecule has 0 atom stereocenters. The minimum Gasteiger partial charge on any atom is -0.333 e. The molecule has 0 unspecified atom stereocenters. The largest absolute Gasteiger partial charge is 0.333 e. The number of imidazole rings is 1. The lowest BCUT2D eigenvalue weighted by molar-refractivity contribution is 0.0210. The predicted molar refractivity (Wildman–Crippen MR) is 76.0 cm³/mol. The van der Waals surface area contributed by atoms with E-state index in [1.807, 2.05) is 12.5 Å². The van der Waals surface area contributed by atoms with E-state index in [2.05, 4.69) is 31.6 Å². The Labute approximate surface area is 115 Å². The molecule has 0 saturated carbocycles. The molecule has 2 saturated heterocycles. The molecule has 2 aliphatic heterocycles. The van der Waals surface area contributed by atoms with Crippen LogP contribution in [0.2, 0.25) is 0 Å². The van der Waals surface area contributed by atoms with Crippen LogP contribution in [0.1, 0.15) is 19.0 Å². The number of rotatable bonds is 5. The van der Waals surface area contributed by atoms with Gasteiger partial charge in [-0.25, -0.2) is 4.98 Å². The maximum Gasteiger partial charge on any atom is 0.0948 e. The van der Waals surface area contributed by atoms with E-state index in [1.165, 1.54) is 38.3 Å². The Hall–Kier alpha value is -0.910. The van der Waals surface area contributed by atoms with Gasteiger partial charge in [-0.2, -0.15) is 0 Å². The number of aryl methyl sites for hydroxylation is 1. The lowest BCUT2D eigenvalue weighted by atomic mass is 10.1. The van der Waals surface area contributed by atoms with E-state index in [9.17, 15) is 0 Å².